The Hall–Kier alpha value is -0.410. The Labute approximate surface area is 135 Å². The number of hydrogen-bond donors (Lipinski definition) is 0. The SMILES string of the molecule is CCS(=O)(=O)CCn1c(CCl)nc2cc(I)c(F)cc21. The second-order valence-corrected chi connectivity index (χ2v) is 8.21. The molecule has 0 bridgehead atoms. The standard InChI is InChI=1S/C12H13ClFIN2O2S/c1-2-20(18,19)4-3-17-11-5-8(14)9(15)6-10(11)16-12(17)7-13/h5-6H,2-4,7H2,1H3. The minimum Gasteiger partial charge on any atom is -0.326 e. The van der Waals surface area contributed by atoms with Crippen molar-refractivity contribution in [3.63, 3.8) is 0 Å². The summed E-state index contributed by atoms with van der Waals surface area (Å²) in [4.78, 5) is 4.32. The number of rotatable bonds is 5. The Kier molecular flexibility index (Phi) is 4.91. The van der Waals surface area contributed by atoms with E-state index in [1.807, 2.05) is 22.6 Å². The highest BCUT2D eigenvalue weighted by Gasteiger charge is 2.15. The van der Waals surface area contributed by atoms with E-state index < -0.39 is 9.84 Å². The van der Waals surface area contributed by atoms with Gasteiger partial charge in [0.15, 0.2) is 9.84 Å². The molecule has 4 nitrogen and oxygen atoms in total. The van der Waals surface area contributed by atoms with Crippen LogP contribution in [-0.2, 0) is 22.3 Å². The predicted molar refractivity (Wildman–Crippen MR) is 86.3 cm³/mol. The van der Waals surface area contributed by atoms with Gasteiger partial charge in [0.1, 0.15) is 11.6 Å². The number of imidazole rings is 1. The van der Waals surface area contributed by atoms with Crippen LogP contribution in [0.15, 0.2) is 12.1 Å². The number of alkyl halides is 1. The van der Waals surface area contributed by atoms with Gasteiger partial charge in [0.25, 0.3) is 0 Å². The van der Waals surface area contributed by atoms with E-state index in [1.54, 1.807) is 17.6 Å². The number of fused-ring (bicyclic) bond motifs is 1. The smallest absolute Gasteiger partial charge is 0.151 e. The first-order chi connectivity index (χ1) is 9.38. The van der Waals surface area contributed by atoms with Gasteiger partial charge in [-0.15, -0.1) is 11.6 Å². The average Bonchev–Trinajstić information content (AvgIpc) is 2.74. The molecular weight excluding hydrogens is 418 g/mol. The maximum absolute atomic E-state index is 13.7. The molecule has 0 fully saturated rings. The van der Waals surface area contributed by atoms with E-state index in [1.165, 1.54) is 6.07 Å². The Balaban J connectivity index is 2.48. The predicted octanol–water partition coefficient (Wildman–Crippen LogP) is 2.95. The fourth-order valence-corrected chi connectivity index (χ4v) is 3.30. The van der Waals surface area contributed by atoms with Gasteiger partial charge < -0.3 is 4.57 Å². The summed E-state index contributed by atoms with van der Waals surface area (Å²) in [5.74, 6) is 0.432. The maximum Gasteiger partial charge on any atom is 0.151 e. The zero-order valence-electron chi connectivity index (χ0n) is 10.7. The van der Waals surface area contributed by atoms with Gasteiger partial charge >= 0.3 is 0 Å². The number of hydrogen-bond acceptors (Lipinski definition) is 3. The number of aryl methyl sites for hydroxylation is 1. The molecule has 0 N–H and O–H groups in total. The molecule has 2 rings (SSSR count). The van der Waals surface area contributed by atoms with Crippen molar-refractivity contribution in [3.05, 3.63) is 27.3 Å². The summed E-state index contributed by atoms with van der Waals surface area (Å²) >= 11 is 7.73. The van der Waals surface area contributed by atoms with Gasteiger partial charge in [-0.2, -0.15) is 0 Å². The molecule has 0 atom stereocenters. The second-order valence-electron chi connectivity index (χ2n) is 4.30. The Bertz CT molecular complexity index is 745. The summed E-state index contributed by atoms with van der Waals surface area (Å²) in [6.45, 7) is 1.83. The van der Waals surface area contributed by atoms with Gasteiger partial charge in [-0.3, -0.25) is 0 Å². The molecule has 0 amide bonds. The molecule has 0 saturated carbocycles. The minimum atomic E-state index is -3.09. The molecule has 8 heteroatoms. The van der Waals surface area contributed by atoms with Crippen molar-refractivity contribution in [2.75, 3.05) is 11.5 Å². The van der Waals surface area contributed by atoms with Crippen LogP contribution in [0.2, 0.25) is 0 Å². The van der Waals surface area contributed by atoms with E-state index in [0.717, 1.165) is 0 Å². The zero-order chi connectivity index (χ0) is 14.9. The molecule has 0 radical (unpaired) electrons. The molecule has 2 aromatic rings. The molecule has 0 aliphatic heterocycles. The lowest BCUT2D eigenvalue weighted by Gasteiger charge is -2.08. The maximum atomic E-state index is 13.7. The normalized spacial score (nSPS) is 12.2. The lowest BCUT2D eigenvalue weighted by molar-refractivity contribution is 0.589. The molecule has 0 saturated heterocycles. The van der Waals surface area contributed by atoms with Crippen LogP contribution in [0.4, 0.5) is 4.39 Å². The van der Waals surface area contributed by atoms with E-state index in [0.29, 0.717) is 20.4 Å². The molecule has 1 aromatic heterocycles. The molecule has 0 spiro atoms. The summed E-state index contributed by atoms with van der Waals surface area (Å²) in [7, 11) is -3.09. The first-order valence-corrected chi connectivity index (χ1v) is 9.42. The topological polar surface area (TPSA) is 52.0 Å². The van der Waals surface area contributed by atoms with Gasteiger partial charge in [0, 0.05) is 18.4 Å². The van der Waals surface area contributed by atoms with Crippen molar-refractivity contribution in [1.29, 1.82) is 0 Å². The third-order valence-electron chi connectivity index (χ3n) is 3.05. The van der Waals surface area contributed by atoms with Crippen molar-refractivity contribution >= 4 is 55.1 Å². The van der Waals surface area contributed by atoms with Crippen molar-refractivity contribution in [3.8, 4) is 0 Å². The van der Waals surface area contributed by atoms with Crippen LogP contribution < -0.4 is 0 Å². The molecule has 20 heavy (non-hydrogen) atoms. The van der Waals surface area contributed by atoms with Crippen LogP contribution in [0.1, 0.15) is 12.7 Å². The number of benzene rings is 1. The summed E-state index contributed by atoms with van der Waals surface area (Å²) in [6.07, 6.45) is 0. The Morgan fingerprint density at radius 1 is 1.45 bits per heavy atom. The van der Waals surface area contributed by atoms with E-state index in [2.05, 4.69) is 4.98 Å². The van der Waals surface area contributed by atoms with Crippen LogP contribution in [0.3, 0.4) is 0 Å². The minimum absolute atomic E-state index is 0.00749. The highest BCUT2D eigenvalue weighted by molar-refractivity contribution is 14.1. The van der Waals surface area contributed by atoms with E-state index >= 15 is 0 Å². The van der Waals surface area contributed by atoms with Crippen molar-refractivity contribution < 1.29 is 12.8 Å². The largest absolute Gasteiger partial charge is 0.326 e. The highest BCUT2D eigenvalue weighted by Crippen LogP contribution is 2.22. The van der Waals surface area contributed by atoms with Crippen molar-refractivity contribution in [1.82, 2.24) is 9.55 Å². The lowest BCUT2D eigenvalue weighted by Crippen LogP contribution is -2.16. The second kappa shape index (κ2) is 6.15. The van der Waals surface area contributed by atoms with E-state index in [-0.39, 0.29) is 29.7 Å². The van der Waals surface area contributed by atoms with Gasteiger partial charge in [-0.05, 0) is 28.7 Å². The number of sulfone groups is 1. The Morgan fingerprint density at radius 3 is 2.75 bits per heavy atom. The molecular formula is C12H13ClFIN2O2S. The van der Waals surface area contributed by atoms with Gasteiger partial charge in [0.2, 0.25) is 0 Å². The van der Waals surface area contributed by atoms with Crippen molar-refractivity contribution in [2.45, 2.75) is 19.3 Å². The highest BCUT2D eigenvalue weighted by atomic mass is 127. The van der Waals surface area contributed by atoms with Crippen LogP contribution in [0.25, 0.3) is 11.0 Å². The van der Waals surface area contributed by atoms with Crippen molar-refractivity contribution in [2.24, 2.45) is 0 Å². The quantitative estimate of drug-likeness (QED) is 0.541. The number of aromatic nitrogens is 2. The molecule has 1 heterocycles. The first-order valence-electron chi connectivity index (χ1n) is 5.98. The first kappa shape index (κ1) is 16.0. The van der Waals surface area contributed by atoms with E-state index in [4.69, 9.17) is 11.6 Å². The van der Waals surface area contributed by atoms with Gasteiger partial charge in [-0.1, -0.05) is 6.92 Å². The van der Waals surface area contributed by atoms with Crippen LogP contribution in [-0.4, -0.2) is 29.5 Å². The fraction of sp³-hybridized carbons (Fsp3) is 0.417. The molecule has 1 aromatic carbocycles. The summed E-state index contributed by atoms with van der Waals surface area (Å²) in [6, 6.07) is 3.00. The lowest BCUT2D eigenvalue weighted by atomic mass is 10.3. The fourth-order valence-electron chi connectivity index (χ4n) is 1.90. The summed E-state index contributed by atoms with van der Waals surface area (Å²) in [5, 5.41) is 0. The third-order valence-corrected chi connectivity index (χ3v) is 5.80. The number of nitrogens with zero attached hydrogens (tertiary/aromatic N) is 2. The monoisotopic (exact) mass is 430 g/mol. The van der Waals surface area contributed by atoms with Crippen LogP contribution >= 0.6 is 34.2 Å². The summed E-state index contributed by atoms with van der Waals surface area (Å²) in [5.41, 5.74) is 1.20. The number of halogens is 3. The summed E-state index contributed by atoms with van der Waals surface area (Å²) < 4.78 is 39.1. The molecule has 110 valence electrons. The van der Waals surface area contributed by atoms with Crippen LogP contribution in [0.5, 0.6) is 0 Å². The van der Waals surface area contributed by atoms with Gasteiger partial charge in [-0.25, -0.2) is 17.8 Å². The third kappa shape index (κ3) is 3.25. The molecule has 0 aliphatic carbocycles. The Morgan fingerprint density at radius 2 is 2.15 bits per heavy atom. The average molecular weight is 431 g/mol. The van der Waals surface area contributed by atoms with E-state index in [9.17, 15) is 12.8 Å². The molecule has 0 aliphatic rings. The molecule has 0 unspecified atom stereocenters. The van der Waals surface area contributed by atoms with Gasteiger partial charge in [0.05, 0.1) is 26.2 Å². The van der Waals surface area contributed by atoms with Crippen LogP contribution in [0, 0.1) is 9.39 Å². The zero-order valence-corrected chi connectivity index (χ0v) is 14.5.